The molecule has 1 atom stereocenters. The van der Waals surface area contributed by atoms with Crippen LogP contribution in [0.5, 0.6) is 5.75 Å². The van der Waals surface area contributed by atoms with Gasteiger partial charge in [0.25, 0.3) is 0 Å². The van der Waals surface area contributed by atoms with Crippen molar-refractivity contribution in [2.75, 3.05) is 47.1 Å². The third-order valence-electron chi connectivity index (χ3n) is 5.34. The van der Waals surface area contributed by atoms with Gasteiger partial charge in [-0.05, 0) is 37.5 Å². The summed E-state index contributed by atoms with van der Waals surface area (Å²) in [6, 6.07) is 5.49. The number of methoxy groups -OCH3 is 2. The number of carbonyl (C=O) groups is 1. The molecule has 0 bridgehead atoms. The Kier molecular flexibility index (Phi) is 6.21. The number of ether oxygens (including phenoxy) is 3. The van der Waals surface area contributed by atoms with Gasteiger partial charge in [0.1, 0.15) is 11.3 Å². The SMILES string of the molecule is CCNC(=NCc1ccc(OC)c(C(=O)OC)c1)N1CCC2(CCOC2)C1. The molecule has 2 saturated heterocycles. The molecule has 7 nitrogen and oxygen atoms in total. The van der Waals surface area contributed by atoms with Crippen molar-refractivity contribution < 1.29 is 19.0 Å². The molecule has 2 fully saturated rings. The molecule has 0 aliphatic carbocycles. The molecule has 2 heterocycles. The van der Waals surface area contributed by atoms with Gasteiger partial charge in [-0.1, -0.05) is 6.07 Å². The Balaban J connectivity index is 1.74. The van der Waals surface area contributed by atoms with Gasteiger partial charge in [-0.25, -0.2) is 9.79 Å². The predicted molar refractivity (Wildman–Crippen MR) is 103 cm³/mol. The van der Waals surface area contributed by atoms with E-state index in [1.165, 1.54) is 7.11 Å². The first-order chi connectivity index (χ1) is 13.1. The average molecular weight is 375 g/mol. The first-order valence-corrected chi connectivity index (χ1v) is 9.47. The lowest BCUT2D eigenvalue weighted by Crippen LogP contribution is -2.41. The largest absolute Gasteiger partial charge is 0.496 e. The van der Waals surface area contributed by atoms with Gasteiger partial charge in [0.05, 0.1) is 27.4 Å². The van der Waals surface area contributed by atoms with Gasteiger partial charge >= 0.3 is 5.97 Å². The Morgan fingerprint density at radius 2 is 2.22 bits per heavy atom. The number of likely N-dealkylation sites (tertiary alicyclic amines) is 1. The minimum atomic E-state index is -0.410. The van der Waals surface area contributed by atoms with Crippen molar-refractivity contribution in [1.82, 2.24) is 10.2 Å². The number of nitrogens with one attached hydrogen (secondary N) is 1. The molecule has 2 aliphatic rings. The van der Waals surface area contributed by atoms with E-state index in [0.29, 0.717) is 17.9 Å². The predicted octanol–water partition coefficient (Wildman–Crippen LogP) is 2.06. The summed E-state index contributed by atoms with van der Waals surface area (Å²) in [5.74, 6) is 1.01. The fraction of sp³-hybridized carbons (Fsp3) is 0.600. The summed E-state index contributed by atoms with van der Waals surface area (Å²) < 4.78 is 15.7. The minimum absolute atomic E-state index is 0.286. The van der Waals surface area contributed by atoms with Crippen LogP contribution in [-0.4, -0.2) is 63.9 Å². The zero-order valence-corrected chi connectivity index (χ0v) is 16.4. The lowest BCUT2D eigenvalue weighted by atomic mass is 9.87. The van der Waals surface area contributed by atoms with E-state index in [1.807, 2.05) is 6.07 Å². The third kappa shape index (κ3) is 4.35. The summed E-state index contributed by atoms with van der Waals surface area (Å²) in [7, 11) is 2.91. The topological polar surface area (TPSA) is 72.4 Å². The molecule has 1 aromatic rings. The molecule has 1 aromatic carbocycles. The van der Waals surface area contributed by atoms with E-state index in [-0.39, 0.29) is 5.41 Å². The number of esters is 1. The van der Waals surface area contributed by atoms with E-state index in [9.17, 15) is 4.79 Å². The molecule has 3 rings (SSSR count). The van der Waals surface area contributed by atoms with Crippen LogP contribution in [-0.2, 0) is 16.0 Å². The van der Waals surface area contributed by atoms with Crippen LogP contribution in [0, 0.1) is 5.41 Å². The van der Waals surface area contributed by atoms with E-state index in [1.54, 1.807) is 19.2 Å². The summed E-state index contributed by atoms with van der Waals surface area (Å²) in [4.78, 5) is 19.1. The molecular formula is C20H29N3O4. The Hall–Kier alpha value is -2.28. The van der Waals surface area contributed by atoms with Gasteiger partial charge in [-0.15, -0.1) is 0 Å². The summed E-state index contributed by atoms with van der Waals surface area (Å²) in [6.07, 6.45) is 2.27. The van der Waals surface area contributed by atoms with Crippen LogP contribution in [0.2, 0.25) is 0 Å². The number of rotatable bonds is 5. The maximum absolute atomic E-state index is 12.0. The average Bonchev–Trinajstić information content (AvgIpc) is 3.34. The van der Waals surface area contributed by atoms with Gasteiger partial charge in [0, 0.05) is 31.7 Å². The summed E-state index contributed by atoms with van der Waals surface area (Å²) >= 11 is 0. The van der Waals surface area contributed by atoms with E-state index >= 15 is 0 Å². The first kappa shape index (κ1) is 19.5. The van der Waals surface area contributed by atoms with E-state index in [2.05, 4.69) is 17.1 Å². The molecule has 27 heavy (non-hydrogen) atoms. The molecular weight excluding hydrogens is 346 g/mol. The second kappa shape index (κ2) is 8.61. The van der Waals surface area contributed by atoms with Gasteiger partial charge in [-0.3, -0.25) is 0 Å². The second-order valence-corrected chi connectivity index (χ2v) is 7.17. The smallest absolute Gasteiger partial charge is 0.341 e. The minimum Gasteiger partial charge on any atom is -0.496 e. The highest BCUT2D eigenvalue weighted by molar-refractivity contribution is 5.92. The Morgan fingerprint density at radius 1 is 1.37 bits per heavy atom. The van der Waals surface area contributed by atoms with Gasteiger partial charge in [0.15, 0.2) is 5.96 Å². The van der Waals surface area contributed by atoms with Gasteiger partial charge < -0.3 is 24.4 Å². The number of carbonyl (C=O) groups excluding carboxylic acids is 1. The molecule has 1 spiro atoms. The van der Waals surface area contributed by atoms with E-state index in [4.69, 9.17) is 19.2 Å². The molecule has 0 amide bonds. The number of benzene rings is 1. The summed E-state index contributed by atoms with van der Waals surface area (Å²) in [5.41, 5.74) is 1.64. The van der Waals surface area contributed by atoms with Crippen molar-refractivity contribution in [2.24, 2.45) is 10.4 Å². The monoisotopic (exact) mass is 375 g/mol. The molecule has 7 heteroatoms. The number of aliphatic imine (C=N–C) groups is 1. The summed E-state index contributed by atoms with van der Waals surface area (Å²) in [6.45, 7) is 7.06. The van der Waals surface area contributed by atoms with Crippen LogP contribution in [0.3, 0.4) is 0 Å². The van der Waals surface area contributed by atoms with Gasteiger partial charge in [0.2, 0.25) is 0 Å². The molecule has 148 valence electrons. The fourth-order valence-corrected chi connectivity index (χ4v) is 3.80. The Morgan fingerprint density at radius 3 is 2.89 bits per heavy atom. The van der Waals surface area contributed by atoms with Crippen LogP contribution in [0.15, 0.2) is 23.2 Å². The molecule has 0 radical (unpaired) electrons. The van der Waals surface area contributed by atoms with Crippen LogP contribution < -0.4 is 10.1 Å². The van der Waals surface area contributed by atoms with Crippen LogP contribution >= 0.6 is 0 Å². The van der Waals surface area contributed by atoms with Crippen molar-refractivity contribution in [3.63, 3.8) is 0 Å². The molecule has 2 aliphatic heterocycles. The van der Waals surface area contributed by atoms with Crippen molar-refractivity contribution in [2.45, 2.75) is 26.3 Å². The van der Waals surface area contributed by atoms with Crippen LogP contribution in [0.1, 0.15) is 35.7 Å². The van der Waals surface area contributed by atoms with Gasteiger partial charge in [-0.2, -0.15) is 0 Å². The normalized spacial score (nSPS) is 22.3. The number of nitrogens with zero attached hydrogens (tertiary/aromatic N) is 2. The highest BCUT2D eigenvalue weighted by Crippen LogP contribution is 2.38. The first-order valence-electron chi connectivity index (χ1n) is 9.47. The van der Waals surface area contributed by atoms with Crippen molar-refractivity contribution in [1.29, 1.82) is 0 Å². The maximum atomic E-state index is 12.0. The van der Waals surface area contributed by atoms with E-state index < -0.39 is 5.97 Å². The number of guanidine groups is 1. The number of hydrogen-bond acceptors (Lipinski definition) is 5. The Bertz CT molecular complexity index is 698. The van der Waals surface area contributed by atoms with E-state index in [0.717, 1.165) is 57.2 Å². The highest BCUT2D eigenvalue weighted by atomic mass is 16.5. The lowest BCUT2D eigenvalue weighted by molar-refractivity contribution is 0.0597. The van der Waals surface area contributed by atoms with Crippen LogP contribution in [0.25, 0.3) is 0 Å². The molecule has 0 saturated carbocycles. The second-order valence-electron chi connectivity index (χ2n) is 7.17. The molecule has 0 aromatic heterocycles. The lowest BCUT2D eigenvalue weighted by Gasteiger charge is -2.25. The standard InChI is InChI=1S/C20H29N3O4/c1-4-21-19(23-9-7-20(13-23)8-10-27-14-20)22-12-15-5-6-17(25-2)16(11-15)18(24)26-3/h5-6,11H,4,7-10,12-14H2,1-3H3,(H,21,22). The third-order valence-corrected chi connectivity index (χ3v) is 5.34. The maximum Gasteiger partial charge on any atom is 0.341 e. The zero-order valence-electron chi connectivity index (χ0n) is 16.4. The summed E-state index contributed by atoms with van der Waals surface area (Å²) in [5, 5.41) is 3.39. The fourth-order valence-electron chi connectivity index (χ4n) is 3.80. The van der Waals surface area contributed by atoms with Crippen molar-refractivity contribution in [3.05, 3.63) is 29.3 Å². The zero-order chi connectivity index (χ0) is 19.3. The van der Waals surface area contributed by atoms with Crippen molar-refractivity contribution >= 4 is 11.9 Å². The number of hydrogen-bond donors (Lipinski definition) is 1. The molecule has 1 unspecified atom stereocenters. The molecule has 1 N–H and O–H groups in total. The van der Waals surface area contributed by atoms with Crippen LogP contribution in [0.4, 0.5) is 0 Å². The highest BCUT2D eigenvalue weighted by Gasteiger charge is 2.42. The quantitative estimate of drug-likeness (QED) is 0.483. The Labute approximate surface area is 160 Å². The van der Waals surface area contributed by atoms with Crippen molar-refractivity contribution in [3.8, 4) is 5.75 Å².